The fourth-order valence-electron chi connectivity index (χ4n) is 1.31. The molecule has 2 aromatic rings. The third-order valence-corrected chi connectivity index (χ3v) is 2.78. The highest BCUT2D eigenvalue weighted by Gasteiger charge is 2.07. The van der Waals surface area contributed by atoms with Crippen LogP contribution in [0, 0.1) is 11.2 Å². The minimum atomic E-state index is -0.562. The number of rotatable bonds is 4. The van der Waals surface area contributed by atoms with Crippen molar-refractivity contribution < 1.29 is 9.13 Å². The summed E-state index contributed by atoms with van der Waals surface area (Å²) in [6.45, 7) is 0.270. The number of nitrogen functional groups attached to an aromatic ring is 1. The Morgan fingerprint density at radius 1 is 1.53 bits per heavy atom. The van der Waals surface area contributed by atoms with Crippen LogP contribution >= 0.6 is 11.3 Å². The van der Waals surface area contributed by atoms with Crippen molar-refractivity contribution in [2.45, 2.75) is 6.61 Å². The highest BCUT2D eigenvalue weighted by Crippen LogP contribution is 2.23. The summed E-state index contributed by atoms with van der Waals surface area (Å²) in [5, 5.41) is 8.87. The van der Waals surface area contributed by atoms with Crippen LogP contribution in [0.4, 0.5) is 10.1 Å². The molecule has 1 heterocycles. The number of halogens is 1. The number of nitrogens with zero attached hydrogens (tertiary/aromatic N) is 1. The van der Waals surface area contributed by atoms with Gasteiger partial charge < -0.3 is 15.9 Å². The predicted molar refractivity (Wildman–Crippen MR) is 65.1 cm³/mol. The van der Waals surface area contributed by atoms with Crippen molar-refractivity contribution in [2.24, 2.45) is 0 Å². The van der Waals surface area contributed by atoms with Crippen LogP contribution in [0.5, 0.6) is 5.75 Å². The van der Waals surface area contributed by atoms with Crippen molar-refractivity contribution in [3.8, 4) is 5.75 Å². The van der Waals surface area contributed by atoms with Crippen LogP contribution in [0.3, 0.4) is 0 Å². The SMILES string of the molecule is N=Cc1c(N)cc(OCc2cscn2)cc1F. The van der Waals surface area contributed by atoms with Gasteiger partial charge in [0.1, 0.15) is 18.2 Å². The molecule has 0 aliphatic rings. The van der Waals surface area contributed by atoms with Crippen molar-refractivity contribution in [2.75, 3.05) is 5.73 Å². The van der Waals surface area contributed by atoms with E-state index in [9.17, 15) is 4.39 Å². The first kappa shape index (κ1) is 11.5. The topological polar surface area (TPSA) is 72.0 Å². The number of anilines is 1. The molecule has 2 rings (SSSR count). The lowest BCUT2D eigenvalue weighted by molar-refractivity contribution is 0.301. The van der Waals surface area contributed by atoms with E-state index in [0.717, 1.165) is 11.9 Å². The quantitative estimate of drug-likeness (QED) is 0.647. The second-order valence-corrected chi connectivity index (χ2v) is 4.04. The summed E-state index contributed by atoms with van der Waals surface area (Å²) >= 11 is 1.47. The molecular formula is C11H10FN3OS. The second kappa shape index (κ2) is 4.92. The maximum Gasteiger partial charge on any atom is 0.137 e. The molecule has 17 heavy (non-hydrogen) atoms. The van der Waals surface area contributed by atoms with Crippen LogP contribution < -0.4 is 10.5 Å². The standard InChI is InChI=1S/C11H10FN3OS/c12-10-1-8(2-11(14)9(10)3-13)16-4-7-5-17-6-15-7/h1-3,5-6,13H,4,14H2. The first-order valence-corrected chi connectivity index (χ1v) is 5.74. The fraction of sp³-hybridized carbons (Fsp3) is 0.0909. The van der Waals surface area contributed by atoms with Gasteiger partial charge in [0, 0.05) is 29.4 Å². The largest absolute Gasteiger partial charge is 0.487 e. The molecule has 0 radical (unpaired) electrons. The minimum Gasteiger partial charge on any atom is -0.487 e. The molecule has 0 saturated carbocycles. The Balaban J connectivity index is 2.14. The highest BCUT2D eigenvalue weighted by atomic mass is 32.1. The zero-order chi connectivity index (χ0) is 12.3. The van der Waals surface area contributed by atoms with Gasteiger partial charge in [0.15, 0.2) is 0 Å². The van der Waals surface area contributed by atoms with E-state index >= 15 is 0 Å². The van der Waals surface area contributed by atoms with Gasteiger partial charge in [-0.2, -0.15) is 0 Å². The van der Waals surface area contributed by atoms with Gasteiger partial charge in [-0.25, -0.2) is 9.37 Å². The number of ether oxygens (including phenoxy) is 1. The number of hydrogen-bond acceptors (Lipinski definition) is 5. The van der Waals surface area contributed by atoms with Crippen molar-refractivity contribution in [3.63, 3.8) is 0 Å². The van der Waals surface area contributed by atoms with Gasteiger partial charge in [-0.1, -0.05) is 0 Å². The lowest BCUT2D eigenvalue weighted by Crippen LogP contribution is -2.01. The van der Waals surface area contributed by atoms with Crippen molar-refractivity contribution in [1.29, 1.82) is 5.41 Å². The Morgan fingerprint density at radius 3 is 2.94 bits per heavy atom. The number of nitrogens with two attached hydrogens (primary N) is 1. The maximum absolute atomic E-state index is 13.5. The lowest BCUT2D eigenvalue weighted by Gasteiger charge is -2.07. The molecule has 1 aromatic heterocycles. The molecule has 6 heteroatoms. The van der Waals surface area contributed by atoms with Crippen molar-refractivity contribution >= 4 is 23.2 Å². The minimum absolute atomic E-state index is 0.0750. The second-order valence-electron chi connectivity index (χ2n) is 3.32. The molecule has 0 unspecified atom stereocenters. The van der Waals surface area contributed by atoms with E-state index in [1.54, 1.807) is 5.51 Å². The molecular weight excluding hydrogens is 241 g/mol. The Morgan fingerprint density at radius 2 is 2.35 bits per heavy atom. The average Bonchev–Trinajstić information content (AvgIpc) is 2.79. The van der Waals surface area contributed by atoms with Crippen molar-refractivity contribution in [1.82, 2.24) is 4.98 Å². The number of hydrogen-bond donors (Lipinski definition) is 2. The van der Waals surface area contributed by atoms with Crippen molar-refractivity contribution in [3.05, 3.63) is 40.1 Å². The zero-order valence-electron chi connectivity index (χ0n) is 8.81. The molecule has 88 valence electrons. The monoisotopic (exact) mass is 251 g/mol. The van der Waals surface area contributed by atoms with Crippen LogP contribution in [-0.2, 0) is 6.61 Å². The van der Waals surface area contributed by atoms with Crippen LogP contribution in [0.2, 0.25) is 0 Å². The summed E-state index contributed by atoms with van der Waals surface area (Å²) < 4.78 is 18.8. The van der Waals surface area contributed by atoms with Gasteiger partial charge >= 0.3 is 0 Å². The van der Waals surface area contributed by atoms with E-state index < -0.39 is 5.82 Å². The summed E-state index contributed by atoms with van der Waals surface area (Å²) in [6.07, 6.45) is 0.884. The summed E-state index contributed by atoms with van der Waals surface area (Å²) in [7, 11) is 0. The van der Waals surface area contributed by atoms with Crippen LogP contribution in [0.1, 0.15) is 11.3 Å². The van der Waals surface area contributed by atoms with Gasteiger partial charge in [-0.15, -0.1) is 11.3 Å². The summed E-state index contributed by atoms with van der Waals surface area (Å²) in [5.41, 5.74) is 8.34. The molecule has 4 nitrogen and oxygen atoms in total. The average molecular weight is 251 g/mol. The number of benzene rings is 1. The van der Waals surface area contributed by atoms with Gasteiger partial charge in [0.2, 0.25) is 0 Å². The molecule has 0 saturated heterocycles. The van der Waals surface area contributed by atoms with E-state index in [4.69, 9.17) is 15.9 Å². The molecule has 0 bridgehead atoms. The van der Waals surface area contributed by atoms with Gasteiger partial charge in [0.25, 0.3) is 0 Å². The smallest absolute Gasteiger partial charge is 0.137 e. The van der Waals surface area contributed by atoms with E-state index in [1.807, 2.05) is 5.38 Å². The Bertz CT molecular complexity index is 505. The molecule has 0 spiro atoms. The predicted octanol–water partition coefficient (Wildman–Crippen LogP) is 2.44. The normalized spacial score (nSPS) is 10.2. The van der Waals surface area contributed by atoms with E-state index in [2.05, 4.69) is 4.98 Å². The number of thiazole rings is 1. The third kappa shape index (κ3) is 2.59. The first-order chi connectivity index (χ1) is 8.20. The van der Waals surface area contributed by atoms with E-state index in [0.29, 0.717) is 5.75 Å². The summed E-state index contributed by atoms with van der Waals surface area (Å²) in [6, 6.07) is 2.71. The molecule has 0 fully saturated rings. The molecule has 0 aliphatic heterocycles. The van der Waals surface area contributed by atoms with Gasteiger partial charge in [-0.3, -0.25) is 0 Å². The number of aromatic nitrogens is 1. The third-order valence-electron chi connectivity index (χ3n) is 2.15. The van der Waals surface area contributed by atoms with Gasteiger partial charge in [0.05, 0.1) is 16.8 Å². The fourth-order valence-corrected chi connectivity index (χ4v) is 1.86. The lowest BCUT2D eigenvalue weighted by atomic mass is 10.2. The number of nitrogens with one attached hydrogen (secondary N) is 1. The molecule has 1 aromatic carbocycles. The Hall–Kier alpha value is -1.95. The molecule has 0 aliphatic carbocycles. The first-order valence-electron chi connectivity index (χ1n) is 4.80. The Kier molecular flexibility index (Phi) is 3.34. The van der Waals surface area contributed by atoms with E-state index in [1.165, 1.54) is 23.5 Å². The zero-order valence-corrected chi connectivity index (χ0v) is 9.63. The summed E-state index contributed by atoms with van der Waals surface area (Å²) in [5.74, 6) is -0.230. The molecule has 0 amide bonds. The molecule has 3 N–H and O–H groups in total. The maximum atomic E-state index is 13.5. The highest BCUT2D eigenvalue weighted by molar-refractivity contribution is 7.07. The van der Waals surface area contributed by atoms with Crippen LogP contribution in [-0.4, -0.2) is 11.2 Å². The van der Waals surface area contributed by atoms with Crippen LogP contribution in [0.15, 0.2) is 23.0 Å². The van der Waals surface area contributed by atoms with Gasteiger partial charge in [-0.05, 0) is 0 Å². The van der Waals surface area contributed by atoms with Crippen LogP contribution in [0.25, 0.3) is 0 Å². The Labute approximate surface area is 101 Å². The summed E-state index contributed by atoms with van der Waals surface area (Å²) in [4.78, 5) is 4.04. The molecule has 0 atom stereocenters. The van der Waals surface area contributed by atoms with E-state index in [-0.39, 0.29) is 17.9 Å².